The van der Waals surface area contributed by atoms with Gasteiger partial charge in [0.1, 0.15) is 0 Å². The number of nitrogens with two attached hydrogens (primary N) is 1. The molecule has 2 rings (SSSR count). The third kappa shape index (κ3) is 3.05. The molecule has 1 saturated heterocycles. The molecule has 0 bridgehead atoms. The molecule has 2 nitrogen and oxygen atoms in total. The van der Waals surface area contributed by atoms with Crippen LogP contribution in [0.15, 0.2) is 18.2 Å². The van der Waals surface area contributed by atoms with Gasteiger partial charge in [-0.15, -0.1) is 0 Å². The quantitative estimate of drug-likeness (QED) is 0.660. The third-order valence-electron chi connectivity index (χ3n) is 3.51. The maximum Gasteiger partial charge on any atom is 0.0591 e. The first-order valence-electron chi connectivity index (χ1n) is 6.40. The number of nitrogens with one attached hydrogen (secondary N) is 1. The van der Waals surface area contributed by atoms with Crippen LogP contribution in [0.25, 0.3) is 0 Å². The zero-order valence-corrected chi connectivity index (χ0v) is 12.9. The molecule has 18 heavy (non-hydrogen) atoms. The van der Waals surface area contributed by atoms with Crippen molar-refractivity contribution in [3.8, 4) is 0 Å². The van der Waals surface area contributed by atoms with E-state index in [0.29, 0.717) is 10.5 Å². The number of hydrazine groups is 1. The summed E-state index contributed by atoms with van der Waals surface area (Å²) in [5, 5.41) is 1.19. The highest BCUT2D eigenvalue weighted by atomic mass is 32.2. The van der Waals surface area contributed by atoms with Gasteiger partial charge in [0.25, 0.3) is 0 Å². The second kappa shape index (κ2) is 6.33. The van der Waals surface area contributed by atoms with Crippen LogP contribution < -0.4 is 11.3 Å². The fourth-order valence-electron chi connectivity index (χ4n) is 2.47. The van der Waals surface area contributed by atoms with Crippen LogP contribution in [0.5, 0.6) is 0 Å². The molecule has 0 aliphatic carbocycles. The van der Waals surface area contributed by atoms with E-state index < -0.39 is 0 Å². The van der Waals surface area contributed by atoms with Gasteiger partial charge >= 0.3 is 0 Å². The molecular formula is C14H22N2S2. The number of benzene rings is 1. The van der Waals surface area contributed by atoms with E-state index in [1.165, 1.54) is 28.2 Å². The number of aryl methyl sites for hydroxylation is 2. The molecule has 1 heterocycles. The summed E-state index contributed by atoms with van der Waals surface area (Å²) in [6, 6.07) is 6.88. The summed E-state index contributed by atoms with van der Waals surface area (Å²) in [4.78, 5) is 0. The van der Waals surface area contributed by atoms with E-state index >= 15 is 0 Å². The molecule has 0 amide bonds. The van der Waals surface area contributed by atoms with E-state index in [1.54, 1.807) is 0 Å². The molecule has 3 atom stereocenters. The van der Waals surface area contributed by atoms with Crippen molar-refractivity contribution in [1.29, 1.82) is 0 Å². The highest BCUT2D eigenvalue weighted by Gasteiger charge is 2.31. The Morgan fingerprint density at radius 3 is 2.67 bits per heavy atom. The summed E-state index contributed by atoms with van der Waals surface area (Å²) in [5.41, 5.74) is 7.03. The largest absolute Gasteiger partial charge is 0.271 e. The van der Waals surface area contributed by atoms with Gasteiger partial charge < -0.3 is 0 Å². The van der Waals surface area contributed by atoms with Crippen molar-refractivity contribution >= 4 is 23.5 Å². The maximum absolute atomic E-state index is 5.84. The second-order valence-corrected chi connectivity index (χ2v) is 7.69. The Bertz CT molecular complexity index is 409. The van der Waals surface area contributed by atoms with Gasteiger partial charge in [-0.1, -0.05) is 30.7 Å². The monoisotopic (exact) mass is 282 g/mol. The summed E-state index contributed by atoms with van der Waals surface area (Å²) >= 11 is 4.11. The Hall–Kier alpha value is -0.160. The normalized spacial score (nSPS) is 26.0. The minimum Gasteiger partial charge on any atom is -0.271 e. The van der Waals surface area contributed by atoms with Crippen molar-refractivity contribution in [2.75, 3.05) is 11.5 Å². The zero-order valence-electron chi connectivity index (χ0n) is 11.3. The summed E-state index contributed by atoms with van der Waals surface area (Å²) < 4.78 is 0. The van der Waals surface area contributed by atoms with Gasteiger partial charge in [-0.3, -0.25) is 11.3 Å². The van der Waals surface area contributed by atoms with Crippen LogP contribution in [0, 0.1) is 13.8 Å². The van der Waals surface area contributed by atoms with Gasteiger partial charge in [-0.25, -0.2) is 0 Å². The maximum atomic E-state index is 5.84. The highest BCUT2D eigenvalue weighted by molar-refractivity contribution is 8.07. The zero-order chi connectivity index (χ0) is 13.1. The Kier molecular flexibility index (Phi) is 5.01. The molecular weight excluding hydrogens is 260 g/mol. The van der Waals surface area contributed by atoms with Crippen molar-refractivity contribution in [3.05, 3.63) is 34.9 Å². The second-order valence-electron chi connectivity index (χ2n) is 4.92. The number of rotatable bonds is 3. The summed E-state index contributed by atoms with van der Waals surface area (Å²) in [7, 11) is 0. The van der Waals surface area contributed by atoms with Crippen molar-refractivity contribution in [2.45, 2.75) is 37.3 Å². The Labute approximate surface area is 118 Å². The first-order valence-corrected chi connectivity index (χ1v) is 8.49. The average Bonchev–Trinajstić information content (AvgIpc) is 2.36. The minimum atomic E-state index is 0.248. The molecule has 1 aromatic carbocycles. The fraction of sp³-hybridized carbons (Fsp3) is 0.571. The topological polar surface area (TPSA) is 38.0 Å². The summed E-state index contributed by atoms with van der Waals surface area (Å²) in [5.74, 6) is 8.33. The van der Waals surface area contributed by atoms with Gasteiger partial charge in [0.05, 0.1) is 6.04 Å². The average molecular weight is 282 g/mol. The Morgan fingerprint density at radius 2 is 2.00 bits per heavy atom. The molecule has 0 saturated carbocycles. The smallest absolute Gasteiger partial charge is 0.0591 e. The molecule has 1 aliphatic heterocycles. The highest BCUT2D eigenvalue weighted by Crippen LogP contribution is 2.39. The molecule has 1 aliphatic rings. The molecule has 1 fully saturated rings. The van der Waals surface area contributed by atoms with Crippen LogP contribution in [0.4, 0.5) is 0 Å². The lowest BCUT2D eigenvalue weighted by Gasteiger charge is -2.35. The lowest BCUT2D eigenvalue weighted by molar-refractivity contribution is 0.524. The molecule has 0 spiro atoms. The lowest BCUT2D eigenvalue weighted by atomic mass is 9.96. The Balaban J connectivity index is 2.29. The van der Waals surface area contributed by atoms with E-state index in [1.807, 2.05) is 0 Å². The third-order valence-corrected chi connectivity index (χ3v) is 6.71. The standard InChI is InChI=1S/C14H22N2S2/c1-9-4-5-10(2)12(8-9)13(16-15)14-11(3)17-6-7-18-14/h4-5,8,11,13-14,16H,6-7,15H2,1-3H3. The first kappa shape index (κ1) is 14.3. The predicted molar refractivity (Wildman–Crippen MR) is 84.1 cm³/mol. The molecule has 0 aromatic heterocycles. The van der Waals surface area contributed by atoms with Crippen molar-refractivity contribution in [1.82, 2.24) is 5.43 Å². The molecule has 100 valence electrons. The summed E-state index contributed by atoms with van der Waals surface area (Å²) in [6.07, 6.45) is 0. The lowest BCUT2D eigenvalue weighted by Crippen LogP contribution is -2.41. The molecule has 0 radical (unpaired) electrons. The van der Waals surface area contributed by atoms with Crippen molar-refractivity contribution in [2.24, 2.45) is 5.84 Å². The van der Waals surface area contributed by atoms with Crippen LogP contribution >= 0.6 is 23.5 Å². The van der Waals surface area contributed by atoms with Gasteiger partial charge in [0, 0.05) is 22.0 Å². The van der Waals surface area contributed by atoms with Crippen molar-refractivity contribution in [3.63, 3.8) is 0 Å². The molecule has 3 N–H and O–H groups in total. The van der Waals surface area contributed by atoms with Crippen LogP contribution in [-0.4, -0.2) is 22.0 Å². The van der Waals surface area contributed by atoms with E-state index in [4.69, 9.17) is 5.84 Å². The van der Waals surface area contributed by atoms with E-state index in [-0.39, 0.29) is 6.04 Å². The predicted octanol–water partition coefficient (Wildman–Crippen LogP) is 3.04. The number of hydrogen-bond acceptors (Lipinski definition) is 4. The molecule has 1 aromatic rings. The van der Waals surface area contributed by atoms with Gasteiger partial charge in [0.2, 0.25) is 0 Å². The molecule has 4 heteroatoms. The Morgan fingerprint density at radius 1 is 1.28 bits per heavy atom. The van der Waals surface area contributed by atoms with E-state index in [2.05, 4.69) is 67.9 Å². The van der Waals surface area contributed by atoms with Crippen LogP contribution in [0.2, 0.25) is 0 Å². The number of thioether (sulfide) groups is 2. The van der Waals surface area contributed by atoms with E-state index in [9.17, 15) is 0 Å². The van der Waals surface area contributed by atoms with E-state index in [0.717, 1.165) is 0 Å². The summed E-state index contributed by atoms with van der Waals surface area (Å²) in [6.45, 7) is 6.63. The fourth-order valence-corrected chi connectivity index (χ4v) is 5.39. The first-order chi connectivity index (χ1) is 8.63. The van der Waals surface area contributed by atoms with Gasteiger partial charge in [-0.05, 0) is 25.0 Å². The molecule has 3 unspecified atom stereocenters. The van der Waals surface area contributed by atoms with Crippen LogP contribution in [0.3, 0.4) is 0 Å². The van der Waals surface area contributed by atoms with Crippen molar-refractivity contribution < 1.29 is 0 Å². The van der Waals surface area contributed by atoms with Crippen LogP contribution in [0.1, 0.15) is 29.7 Å². The van der Waals surface area contributed by atoms with Crippen LogP contribution in [-0.2, 0) is 0 Å². The van der Waals surface area contributed by atoms with Gasteiger partial charge in [0.15, 0.2) is 0 Å². The number of hydrogen-bond donors (Lipinski definition) is 2. The van der Waals surface area contributed by atoms with Gasteiger partial charge in [-0.2, -0.15) is 23.5 Å². The minimum absolute atomic E-state index is 0.248. The SMILES string of the molecule is Cc1ccc(C)c(C(NN)C2SCCSC2C)c1.